The lowest BCUT2D eigenvalue weighted by molar-refractivity contribution is 0.486. The average molecular weight is 185 g/mol. The summed E-state index contributed by atoms with van der Waals surface area (Å²) in [6.45, 7) is 3.63. The molecular weight excluding hydrogens is 172 g/mol. The summed E-state index contributed by atoms with van der Waals surface area (Å²) in [5.74, 6) is -1.68. The molecule has 1 aromatic rings. The van der Waals surface area contributed by atoms with Crippen LogP contribution in [0.5, 0.6) is 0 Å². The lowest BCUT2D eigenvalue weighted by atomic mass is 9.99. The minimum Gasteiger partial charge on any atom is -0.330 e. The molecule has 0 spiro atoms. The third kappa shape index (κ3) is 1.86. The first-order valence-electron chi connectivity index (χ1n) is 4.22. The van der Waals surface area contributed by atoms with Crippen molar-refractivity contribution in [3.8, 4) is 0 Å². The standard InChI is InChI=1S/C10H13F2N/c1-6-3-4-8(7(2)5-13)10(12)9(6)11/h3-4,7H,5,13H2,1-2H3. The number of rotatable bonds is 2. The van der Waals surface area contributed by atoms with Crippen molar-refractivity contribution in [2.75, 3.05) is 6.54 Å². The van der Waals surface area contributed by atoms with E-state index in [9.17, 15) is 8.78 Å². The van der Waals surface area contributed by atoms with Gasteiger partial charge in [-0.3, -0.25) is 0 Å². The molecule has 0 bridgehead atoms. The van der Waals surface area contributed by atoms with Crippen molar-refractivity contribution in [3.63, 3.8) is 0 Å². The van der Waals surface area contributed by atoms with Crippen LogP contribution in [-0.2, 0) is 0 Å². The lowest BCUT2D eigenvalue weighted by Crippen LogP contribution is -2.11. The molecule has 3 heteroatoms. The second-order valence-electron chi connectivity index (χ2n) is 3.24. The Labute approximate surface area is 76.6 Å². The highest BCUT2D eigenvalue weighted by atomic mass is 19.2. The predicted octanol–water partition coefficient (Wildman–Crippen LogP) is 2.34. The Kier molecular flexibility index (Phi) is 2.98. The van der Waals surface area contributed by atoms with Gasteiger partial charge in [0.1, 0.15) is 0 Å². The highest BCUT2D eigenvalue weighted by Crippen LogP contribution is 2.21. The molecule has 0 amide bonds. The Hall–Kier alpha value is -0.960. The largest absolute Gasteiger partial charge is 0.330 e. The minimum atomic E-state index is -0.766. The van der Waals surface area contributed by atoms with E-state index in [1.54, 1.807) is 19.1 Å². The van der Waals surface area contributed by atoms with Crippen LogP contribution in [0.1, 0.15) is 24.0 Å². The molecule has 0 saturated heterocycles. The van der Waals surface area contributed by atoms with E-state index < -0.39 is 11.6 Å². The first kappa shape index (κ1) is 10.1. The van der Waals surface area contributed by atoms with E-state index in [-0.39, 0.29) is 5.92 Å². The Balaban J connectivity index is 3.18. The molecule has 1 nitrogen and oxygen atoms in total. The minimum absolute atomic E-state index is 0.143. The first-order chi connectivity index (χ1) is 6.07. The van der Waals surface area contributed by atoms with Gasteiger partial charge in [0.15, 0.2) is 11.6 Å². The van der Waals surface area contributed by atoms with Crippen LogP contribution >= 0.6 is 0 Å². The number of benzene rings is 1. The van der Waals surface area contributed by atoms with E-state index in [0.29, 0.717) is 17.7 Å². The fraction of sp³-hybridized carbons (Fsp3) is 0.400. The first-order valence-corrected chi connectivity index (χ1v) is 4.22. The quantitative estimate of drug-likeness (QED) is 0.751. The Morgan fingerprint density at radius 1 is 1.31 bits per heavy atom. The third-order valence-electron chi connectivity index (χ3n) is 2.19. The summed E-state index contributed by atoms with van der Waals surface area (Å²) in [6.07, 6.45) is 0. The zero-order chi connectivity index (χ0) is 10.0. The number of hydrogen-bond acceptors (Lipinski definition) is 1. The smallest absolute Gasteiger partial charge is 0.162 e. The third-order valence-corrected chi connectivity index (χ3v) is 2.19. The average Bonchev–Trinajstić information content (AvgIpc) is 2.13. The van der Waals surface area contributed by atoms with Gasteiger partial charge in [0.2, 0.25) is 0 Å². The predicted molar refractivity (Wildman–Crippen MR) is 48.6 cm³/mol. The molecular formula is C10H13F2N. The van der Waals surface area contributed by atoms with Crippen LogP contribution in [0, 0.1) is 18.6 Å². The summed E-state index contributed by atoms with van der Waals surface area (Å²) in [6, 6.07) is 3.16. The molecule has 0 aromatic heterocycles. The van der Waals surface area contributed by atoms with Crippen LogP contribution in [-0.4, -0.2) is 6.54 Å². The molecule has 1 atom stereocenters. The van der Waals surface area contributed by atoms with Gasteiger partial charge in [0, 0.05) is 0 Å². The van der Waals surface area contributed by atoms with Crippen LogP contribution in [0.4, 0.5) is 8.78 Å². The van der Waals surface area contributed by atoms with Gasteiger partial charge in [-0.25, -0.2) is 8.78 Å². The van der Waals surface area contributed by atoms with Crippen LogP contribution in [0.15, 0.2) is 12.1 Å². The van der Waals surface area contributed by atoms with E-state index in [4.69, 9.17) is 5.73 Å². The van der Waals surface area contributed by atoms with E-state index in [1.807, 2.05) is 0 Å². The summed E-state index contributed by atoms with van der Waals surface area (Å²) in [5, 5.41) is 0. The van der Waals surface area contributed by atoms with Gasteiger partial charge in [-0.2, -0.15) is 0 Å². The highest BCUT2D eigenvalue weighted by Gasteiger charge is 2.14. The molecule has 0 fully saturated rings. The highest BCUT2D eigenvalue weighted by molar-refractivity contribution is 5.27. The Morgan fingerprint density at radius 2 is 1.92 bits per heavy atom. The van der Waals surface area contributed by atoms with Crippen LogP contribution < -0.4 is 5.73 Å². The Morgan fingerprint density at radius 3 is 2.46 bits per heavy atom. The van der Waals surface area contributed by atoms with E-state index >= 15 is 0 Å². The molecule has 0 radical (unpaired) electrons. The normalized spacial score (nSPS) is 13.0. The molecule has 2 N–H and O–H groups in total. The number of halogens is 2. The van der Waals surface area contributed by atoms with Crippen molar-refractivity contribution in [3.05, 3.63) is 34.9 Å². The van der Waals surface area contributed by atoms with Gasteiger partial charge in [-0.15, -0.1) is 0 Å². The van der Waals surface area contributed by atoms with E-state index in [2.05, 4.69) is 0 Å². The fourth-order valence-electron chi connectivity index (χ4n) is 1.17. The summed E-state index contributed by atoms with van der Waals surface area (Å²) in [5.41, 5.74) is 6.05. The fourth-order valence-corrected chi connectivity index (χ4v) is 1.17. The molecule has 0 heterocycles. The second-order valence-corrected chi connectivity index (χ2v) is 3.24. The Bertz CT molecular complexity index is 310. The summed E-state index contributed by atoms with van der Waals surface area (Å²) in [4.78, 5) is 0. The van der Waals surface area contributed by atoms with Crippen molar-refractivity contribution in [2.45, 2.75) is 19.8 Å². The summed E-state index contributed by atoms with van der Waals surface area (Å²) in [7, 11) is 0. The van der Waals surface area contributed by atoms with Crippen molar-refractivity contribution in [1.29, 1.82) is 0 Å². The SMILES string of the molecule is Cc1ccc(C(C)CN)c(F)c1F. The van der Waals surface area contributed by atoms with E-state index in [1.165, 1.54) is 6.92 Å². The van der Waals surface area contributed by atoms with E-state index in [0.717, 1.165) is 0 Å². The molecule has 1 unspecified atom stereocenters. The molecule has 1 rings (SSSR count). The van der Waals surface area contributed by atoms with Gasteiger partial charge < -0.3 is 5.73 Å². The molecule has 0 aliphatic heterocycles. The van der Waals surface area contributed by atoms with Gasteiger partial charge in [0.25, 0.3) is 0 Å². The summed E-state index contributed by atoms with van der Waals surface area (Å²) >= 11 is 0. The number of nitrogens with two attached hydrogens (primary N) is 1. The van der Waals surface area contributed by atoms with Gasteiger partial charge >= 0.3 is 0 Å². The molecule has 0 aliphatic rings. The van der Waals surface area contributed by atoms with Crippen LogP contribution in [0.2, 0.25) is 0 Å². The van der Waals surface area contributed by atoms with Crippen molar-refractivity contribution >= 4 is 0 Å². The number of aryl methyl sites for hydroxylation is 1. The maximum absolute atomic E-state index is 13.3. The lowest BCUT2D eigenvalue weighted by Gasteiger charge is -2.11. The van der Waals surface area contributed by atoms with Gasteiger partial charge in [-0.1, -0.05) is 19.1 Å². The molecule has 1 aromatic carbocycles. The zero-order valence-electron chi connectivity index (χ0n) is 7.77. The van der Waals surface area contributed by atoms with Gasteiger partial charge in [0.05, 0.1) is 0 Å². The maximum Gasteiger partial charge on any atom is 0.162 e. The molecule has 0 aliphatic carbocycles. The van der Waals surface area contributed by atoms with Crippen molar-refractivity contribution in [1.82, 2.24) is 0 Å². The number of hydrogen-bond donors (Lipinski definition) is 1. The maximum atomic E-state index is 13.3. The topological polar surface area (TPSA) is 26.0 Å². The molecule has 13 heavy (non-hydrogen) atoms. The van der Waals surface area contributed by atoms with Crippen molar-refractivity contribution < 1.29 is 8.78 Å². The van der Waals surface area contributed by atoms with Crippen LogP contribution in [0.25, 0.3) is 0 Å². The zero-order valence-corrected chi connectivity index (χ0v) is 7.77. The molecule has 72 valence electrons. The van der Waals surface area contributed by atoms with Crippen LogP contribution in [0.3, 0.4) is 0 Å². The van der Waals surface area contributed by atoms with Crippen molar-refractivity contribution in [2.24, 2.45) is 5.73 Å². The summed E-state index contributed by atoms with van der Waals surface area (Å²) < 4.78 is 26.3. The van der Waals surface area contributed by atoms with Gasteiger partial charge in [-0.05, 0) is 30.5 Å². The second kappa shape index (κ2) is 3.83. The molecule has 0 saturated carbocycles. The monoisotopic (exact) mass is 185 g/mol.